The van der Waals surface area contributed by atoms with E-state index in [2.05, 4.69) is 29.0 Å². The number of hydrogen-bond donors (Lipinski definition) is 1. The molecule has 0 saturated heterocycles. The van der Waals surface area contributed by atoms with E-state index in [1.54, 1.807) is 6.20 Å². The Morgan fingerprint density at radius 3 is 2.89 bits per heavy atom. The Kier molecular flexibility index (Phi) is 3.72. The van der Waals surface area contributed by atoms with Crippen molar-refractivity contribution in [3.8, 4) is 11.5 Å². The van der Waals surface area contributed by atoms with E-state index in [1.807, 2.05) is 19.1 Å². The molecule has 2 aromatic rings. The van der Waals surface area contributed by atoms with Gasteiger partial charge in [0.15, 0.2) is 0 Å². The van der Waals surface area contributed by atoms with E-state index in [1.165, 1.54) is 0 Å². The van der Waals surface area contributed by atoms with Gasteiger partial charge in [-0.3, -0.25) is 4.98 Å². The lowest BCUT2D eigenvalue weighted by molar-refractivity contribution is 0.312. The Labute approximate surface area is 106 Å². The molecule has 2 atom stereocenters. The average Bonchev–Trinajstić information content (AvgIpc) is 2.86. The van der Waals surface area contributed by atoms with E-state index in [9.17, 15) is 0 Å². The van der Waals surface area contributed by atoms with Crippen molar-refractivity contribution in [1.82, 2.24) is 15.1 Å². The number of hydrogen-bond acceptors (Lipinski definition) is 5. The van der Waals surface area contributed by atoms with Crippen molar-refractivity contribution in [1.29, 1.82) is 0 Å². The van der Waals surface area contributed by atoms with Crippen molar-refractivity contribution in [2.75, 3.05) is 0 Å². The van der Waals surface area contributed by atoms with Crippen molar-refractivity contribution < 1.29 is 4.52 Å². The summed E-state index contributed by atoms with van der Waals surface area (Å²) in [4.78, 5) is 8.55. The molecule has 18 heavy (non-hydrogen) atoms. The molecular formula is C13H18N4O. The molecule has 0 radical (unpaired) electrons. The highest BCUT2D eigenvalue weighted by Crippen LogP contribution is 2.22. The average molecular weight is 246 g/mol. The van der Waals surface area contributed by atoms with Crippen LogP contribution in [0.15, 0.2) is 22.9 Å². The third-order valence-corrected chi connectivity index (χ3v) is 3.13. The zero-order chi connectivity index (χ0) is 13.1. The van der Waals surface area contributed by atoms with Gasteiger partial charge in [0.05, 0.1) is 6.04 Å². The molecule has 96 valence electrons. The fourth-order valence-corrected chi connectivity index (χ4v) is 1.63. The molecule has 0 amide bonds. The first kappa shape index (κ1) is 12.7. The van der Waals surface area contributed by atoms with Crippen molar-refractivity contribution >= 4 is 0 Å². The van der Waals surface area contributed by atoms with Crippen LogP contribution in [0.5, 0.6) is 0 Å². The molecule has 2 heterocycles. The van der Waals surface area contributed by atoms with Gasteiger partial charge in [0.25, 0.3) is 0 Å². The van der Waals surface area contributed by atoms with Crippen molar-refractivity contribution in [2.24, 2.45) is 11.7 Å². The van der Waals surface area contributed by atoms with E-state index in [4.69, 9.17) is 10.3 Å². The highest BCUT2D eigenvalue weighted by Gasteiger charge is 2.20. The summed E-state index contributed by atoms with van der Waals surface area (Å²) in [5.41, 5.74) is 7.87. The Bertz CT molecular complexity index is 523. The fraction of sp³-hybridized carbons (Fsp3) is 0.462. The summed E-state index contributed by atoms with van der Waals surface area (Å²) in [6, 6.07) is 3.62. The van der Waals surface area contributed by atoms with E-state index in [0.717, 1.165) is 12.0 Å². The molecule has 2 aromatic heterocycles. The standard InChI is InChI=1S/C13H18N4O/c1-4-9(3)11(14)13-16-12(17-18-13)10-7-8(2)5-6-15-10/h5-7,9,11H,4,14H2,1-3H3/t9-,11-/m0/s1. The second-order valence-corrected chi connectivity index (χ2v) is 4.59. The minimum atomic E-state index is -0.221. The third-order valence-electron chi connectivity index (χ3n) is 3.13. The lowest BCUT2D eigenvalue weighted by atomic mass is 10.0. The van der Waals surface area contributed by atoms with Crippen LogP contribution in [0.1, 0.15) is 37.8 Å². The molecule has 0 unspecified atom stereocenters. The van der Waals surface area contributed by atoms with Gasteiger partial charge in [0, 0.05) is 6.20 Å². The number of aryl methyl sites for hydroxylation is 1. The predicted molar refractivity (Wildman–Crippen MR) is 68.6 cm³/mol. The number of nitrogens with zero attached hydrogens (tertiary/aromatic N) is 3. The SMILES string of the molecule is CC[C@H](C)[C@H](N)c1nc(-c2cc(C)ccn2)no1. The van der Waals surface area contributed by atoms with E-state index in [0.29, 0.717) is 23.3 Å². The van der Waals surface area contributed by atoms with E-state index >= 15 is 0 Å². The van der Waals surface area contributed by atoms with Crippen molar-refractivity contribution in [3.63, 3.8) is 0 Å². The van der Waals surface area contributed by atoms with Gasteiger partial charge in [-0.1, -0.05) is 25.4 Å². The molecule has 0 aliphatic carbocycles. The molecule has 5 heteroatoms. The first-order valence-corrected chi connectivity index (χ1v) is 6.14. The van der Waals surface area contributed by atoms with Gasteiger partial charge in [-0.15, -0.1) is 0 Å². The van der Waals surface area contributed by atoms with E-state index in [-0.39, 0.29) is 6.04 Å². The minimum Gasteiger partial charge on any atom is -0.337 e. The summed E-state index contributed by atoms with van der Waals surface area (Å²) >= 11 is 0. The molecule has 0 aliphatic heterocycles. The molecule has 0 aromatic carbocycles. The van der Waals surface area contributed by atoms with Crippen LogP contribution in [0.2, 0.25) is 0 Å². The summed E-state index contributed by atoms with van der Waals surface area (Å²) in [5, 5.41) is 3.94. The minimum absolute atomic E-state index is 0.221. The summed E-state index contributed by atoms with van der Waals surface area (Å²) in [5.74, 6) is 1.28. The summed E-state index contributed by atoms with van der Waals surface area (Å²) in [7, 11) is 0. The maximum Gasteiger partial charge on any atom is 0.244 e. The molecule has 0 saturated carbocycles. The Balaban J connectivity index is 2.25. The zero-order valence-electron chi connectivity index (χ0n) is 10.9. The van der Waals surface area contributed by atoms with Gasteiger partial charge in [-0.25, -0.2) is 0 Å². The van der Waals surface area contributed by atoms with Crippen LogP contribution in [0.3, 0.4) is 0 Å². The smallest absolute Gasteiger partial charge is 0.244 e. The van der Waals surface area contributed by atoms with Crippen LogP contribution in [-0.2, 0) is 0 Å². The molecule has 2 rings (SSSR count). The maximum absolute atomic E-state index is 6.05. The van der Waals surface area contributed by atoms with Crippen LogP contribution in [0.25, 0.3) is 11.5 Å². The second kappa shape index (κ2) is 5.27. The number of pyridine rings is 1. The molecule has 0 fully saturated rings. The molecule has 0 spiro atoms. The van der Waals surface area contributed by atoms with Crippen LogP contribution in [0.4, 0.5) is 0 Å². The third kappa shape index (κ3) is 2.56. The maximum atomic E-state index is 6.05. The Morgan fingerprint density at radius 1 is 1.44 bits per heavy atom. The lowest BCUT2D eigenvalue weighted by Crippen LogP contribution is -2.18. The number of aromatic nitrogens is 3. The molecule has 0 aliphatic rings. The van der Waals surface area contributed by atoms with Crippen LogP contribution >= 0.6 is 0 Å². The Morgan fingerprint density at radius 2 is 2.22 bits per heavy atom. The first-order valence-electron chi connectivity index (χ1n) is 6.14. The number of rotatable bonds is 4. The topological polar surface area (TPSA) is 77.8 Å². The zero-order valence-corrected chi connectivity index (χ0v) is 10.9. The summed E-state index contributed by atoms with van der Waals surface area (Å²) < 4.78 is 5.22. The molecular weight excluding hydrogens is 228 g/mol. The van der Waals surface area contributed by atoms with Gasteiger partial charge in [0.2, 0.25) is 11.7 Å². The van der Waals surface area contributed by atoms with E-state index < -0.39 is 0 Å². The van der Waals surface area contributed by atoms with Gasteiger partial charge < -0.3 is 10.3 Å². The van der Waals surface area contributed by atoms with Gasteiger partial charge >= 0.3 is 0 Å². The molecule has 2 N–H and O–H groups in total. The van der Waals surface area contributed by atoms with Gasteiger partial charge in [-0.2, -0.15) is 4.98 Å². The van der Waals surface area contributed by atoms with Crippen molar-refractivity contribution in [3.05, 3.63) is 29.8 Å². The second-order valence-electron chi connectivity index (χ2n) is 4.59. The largest absolute Gasteiger partial charge is 0.337 e. The van der Waals surface area contributed by atoms with Gasteiger partial charge in [-0.05, 0) is 30.5 Å². The number of nitrogens with two attached hydrogens (primary N) is 1. The first-order chi connectivity index (χ1) is 8.61. The predicted octanol–water partition coefficient (Wildman–Crippen LogP) is 2.49. The fourth-order valence-electron chi connectivity index (χ4n) is 1.63. The normalized spacial score (nSPS) is 14.4. The molecule has 0 bridgehead atoms. The van der Waals surface area contributed by atoms with Gasteiger partial charge in [0.1, 0.15) is 5.69 Å². The highest BCUT2D eigenvalue weighted by molar-refractivity contribution is 5.48. The quantitative estimate of drug-likeness (QED) is 0.896. The summed E-state index contributed by atoms with van der Waals surface area (Å²) in [6.45, 7) is 6.15. The van der Waals surface area contributed by atoms with Crippen LogP contribution < -0.4 is 5.73 Å². The summed E-state index contributed by atoms with van der Waals surface area (Å²) in [6.07, 6.45) is 2.71. The molecule has 5 nitrogen and oxygen atoms in total. The highest BCUT2D eigenvalue weighted by atomic mass is 16.5. The monoisotopic (exact) mass is 246 g/mol. The van der Waals surface area contributed by atoms with Crippen LogP contribution in [0, 0.1) is 12.8 Å². The van der Waals surface area contributed by atoms with Crippen LogP contribution in [-0.4, -0.2) is 15.1 Å². The Hall–Kier alpha value is -1.75. The van der Waals surface area contributed by atoms with Crippen molar-refractivity contribution in [2.45, 2.75) is 33.2 Å². The lowest BCUT2D eigenvalue weighted by Gasteiger charge is -2.12.